The number of hydrogen-bond acceptors (Lipinski definition) is 2. The highest BCUT2D eigenvalue weighted by Gasteiger charge is 2.04. The molecule has 0 aliphatic carbocycles. The summed E-state index contributed by atoms with van der Waals surface area (Å²) in [5, 5.41) is 0.402. The van der Waals surface area contributed by atoms with Gasteiger partial charge in [0.2, 0.25) is 0 Å². The Morgan fingerprint density at radius 1 is 1.58 bits per heavy atom. The van der Waals surface area contributed by atoms with Gasteiger partial charge in [0.25, 0.3) is 0 Å². The van der Waals surface area contributed by atoms with Gasteiger partial charge in [-0.3, -0.25) is 0 Å². The molecule has 0 radical (unpaired) electrons. The predicted octanol–water partition coefficient (Wildman–Crippen LogP) is 2.13. The molecule has 12 heavy (non-hydrogen) atoms. The Bertz CT molecular complexity index is 247. The molecule has 0 aliphatic heterocycles. The van der Waals surface area contributed by atoms with Crippen LogP contribution in [0.2, 0.25) is 5.02 Å². The van der Waals surface area contributed by atoms with Gasteiger partial charge in [0.1, 0.15) is 5.82 Å². The molecule has 2 nitrogen and oxygen atoms in total. The molecule has 0 atom stereocenters. The fourth-order valence-electron chi connectivity index (χ4n) is 0.846. The van der Waals surface area contributed by atoms with E-state index in [0.29, 0.717) is 10.6 Å². The van der Waals surface area contributed by atoms with Crippen LogP contribution in [-0.4, -0.2) is 7.11 Å². The van der Waals surface area contributed by atoms with Crippen molar-refractivity contribution in [2.45, 2.75) is 6.54 Å². The van der Waals surface area contributed by atoms with Gasteiger partial charge in [0.15, 0.2) is 0 Å². The third-order valence-corrected chi connectivity index (χ3v) is 1.81. The van der Waals surface area contributed by atoms with Gasteiger partial charge in [-0.2, -0.15) is 5.48 Å². The van der Waals surface area contributed by atoms with Crippen molar-refractivity contribution in [3.8, 4) is 0 Å². The number of rotatable bonds is 3. The van der Waals surface area contributed by atoms with Crippen molar-refractivity contribution in [3.63, 3.8) is 0 Å². The summed E-state index contributed by atoms with van der Waals surface area (Å²) in [6.45, 7) is 0.266. The van der Waals surface area contributed by atoms with Gasteiger partial charge in [0.05, 0.1) is 13.7 Å². The molecule has 0 aliphatic rings. The number of halogens is 2. The molecule has 66 valence electrons. The van der Waals surface area contributed by atoms with Crippen molar-refractivity contribution in [2.24, 2.45) is 0 Å². The molecule has 0 heterocycles. The molecule has 0 unspecified atom stereocenters. The van der Waals surface area contributed by atoms with E-state index in [1.54, 1.807) is 12.1 Å². The van der Waals surface area contributed by atoms with E-state index in [1.165, 1.54) is 13.2 Å². The molecule has 0 aromatic heterocycles. The van der Waals surface area contributed by atoms with Crippen molar-refractivity contribution < 1.29 is 9.23 Å². The Balaban J connectivity index is 2.81. The monoisotopic (exact) mass is 189 g/mol. The highest BCUT2D eigenvalue weighted by atomic mass is 35.5. The average Bonchev–Trinajstić information content (AvgIpc) is 2.04. The van der Waals surface area contributed by atoms with Crippen LogP contribution in [0, 0.1) is 5.82 Å². The first-order valence-corrected chi connectivity index (χ1v) is 3.82. The second-order valence-corrected chi connectivity index (χ2v) is 2.63. The van der Waals surface area contributed by atoms with Gasteiger partial charge < -0.3 is 4.84 Å². The minimum absolute atomic E-state index is 0.266. The maximum atomic E-state index is 13.0. The third-order valence-electron chi connectivity index (χ3n) is 1.45. The number of hydroxylamine groups is 1. The fourth-order valence-corrected chi connectivity index (χ4v) is 1.08. The van der Waals surface area contributed by atoms with Crippen molar-refractivity contribution >= 4 is 11.6 Å². The zero-order valence-electron chi connectivity index (χ0n) is 6.60. The standard InChI is InChI=1S/C8H9ClFNO/c1-12-11-5-6-7(9)3-2-4-8(6)10/h2-4,11H,5H2,1H3. The summed E-state index contributed by atoms with van der Waals surface area (Å²) in [4.78, 5) is 4.58. The quantitative estimate of drug-likeness (QED) is 0.736. The van der Waals surface area contributed by atoms with Crippen molar-refractivity contribution in [3.05, 3.63) is 34.6 Å². The molecule has 0 amide bonds. The molecule has 1 aromatic rings. The van der Waals surface area contributed by atoms with E-state index in [4.69, 9.17) is 11.6 Å². The zero-order chi connectivity index (χ0) is 8.97. The average molecular weight is 190 g/mol. The molecule has 0 bridgehead atoms. The molecular weight excluding hydrogens is 181 g/mol. The highest BCUT2D eigenvalue weighted by molar-refractivity contribution is 6.31. The number of benzene rings is 1. The van der Waals surface area contributed by atoms with Gasteiger partial charge in [-0.15, -0.1) is 0 Å². The fraction of sp³-hybridized carbons (Fsp3) is 0.250. The van der Waals surface area contributed by atoms with Gasteiger partial charge in [-0.1, -0.05) is 17.7 Å². The lowest BCUT2D eigenvalue weighted by atomic mass is 10.2. The number of nitrogens with one attached hydrogen (secondary N) is 1. The minimum Gasteiger partial charge on any atom is -0.305 e. The predicted molar refractivity (Wildman–Crippen MR) is 45.3 cm³/mol. The van der Waals surface area contributed by atoms with Crippen LogP contribution in [-0.2, 0) is 11.4 Å². The van der Waals surface area contributed by atoms with E-state index >= 15 is 0 Å². The minimum atomic E-state index is -0.327. The van der Waals surface area contributed by atoms with Gasteiger partial charge >= 0.3 is 0 Å². The first-order chi connectivity index (χ1) is 5.75. The van der Waals surface area contributed by atoms with Gasteiger partial charge in [0, 0.05) is 10.6 Å². The maximum Gasteiger partial charge on any atom is 0.129 e. The molecule has 4 heteroatoms. The third kappa shape index (κ3) is 2.17. The Hall–Kier alpha value is -0.640. The molecule has 0 fully saturated rings. The van der Waals surface area contributed by atoms with Crippen LogP contribution in [0.15, 0.2) is 18.2 Å². The Kier molecular flexibility index (Phi) is 3.47. The van der Waals surface area contributed by atoms with Crippen molar-refractivity contribution in [2.75, 3.05) is 7.11 Å². The summed E-state index contributed by atoms with van der Waals surface area (Å²) >= 11 is 5.73. The molecule has 0 spiro atoms. The van der Waals surface area contributed by atoms with E-state index < -0.39 is 0 Å². The van der Waals surface area contributed by atoms with E-state index in [-0.39, 0.29) is 12.4 Å². The summed E-state index contributed by atoms with van der Waals surface area (Å²) < 4.78 is 13.0. The molecule has 1 aromatic carbocycles. The Morgan fingerprint density at radius 3 is 2.92 bits per heavy atom. The second kappa shape index (κ2) is 4.40. The van der Waals surface area contributed by atoms with Crippen LogP contribution >= 0.6 is 11.6 Å². The van der Waals surface area contributed by atoms with Crippen LogP contribution in [0.3, 0.4) is 0 Å². The van der Waals surface area contributed by atoms with E-state index in [0.717, 1.165) is 0 Å². The van der Waals surface area contributed by atoms with Crippen LogP contribution < -0.4 is 5.48 Å². The summed E-state index contributed by atoms with van der Waals surface area (Å²) in [6.07, 6.45) is 0. The highest BCUT2D eigenvalue weighted by Crippen LogP contribution is 2.18. The summed E-state index contributed by atoms with van der Waals surface area (Å²) in [6, 6.07) is 4.56. The zero-order valence-corrected chi connectivity index (χ0v) is 7.36. The smallest absolute Gasteiger partial charge is 0.129 e. The second-order valence-electron chi connectivity index (χ2n) is 2.23. The maximum absolute atomic E-state index is 13.0. The van der Waals surface area contributed by atoms with Gasteiger partial charge in [-0.25, -0.2) is 4.39 Å². The van der Waals surface area contributed by atoms with Gasteiger partial charge in [-0.05, 0) is 12.1 Å². The Labute approximate surface area is 75.2 Å². The molecule has 0 saturated heterocycles. The van der Waals surface area contributed by atoms with E-state index in [1.807, 2.05) is 0 Å². The lowest BCUT2D eigenvalue weighted by molar-refractivity contribution is 0.0859. The molecule has 0 saturated carbocycles. The van der Waals surface area contributed by atoms with Crippen LogP contribution in [0.1, 0.15) is 5.56 Å². The Morgan fingerprint density at radius 2 is 2.33 bits per heavy atom. The first kappa shape index (κ1) is 9.45. The van der Waals surface area contributed by atoms with Crippen molar-refractivity contribution in [1.29, 1.82) is 0 Å². The SMILES string of the molecule is CONCc1c(F)cccc1Cl. The summed E-state index contributed by atoms with van der Waals surface area (Å²) in [5.41, 5.74) is 2.94. The lowest BCUT2D eigenvalue weighted by Crippen LogP contribution is -2.12. The van der Waals surface area contributed by atoms with E-state index in [2.05, 4.69) is 10.3 Å². The largest absolute Gasteiger partial charge is 0.305 e. The summed E-state index contributed by atoms with van der Waals surface area (Å²) in [7, 11) is 1.47. The van der Waals surface area contributed by atoms with Crippen LogP contribution in [0.5, 0.6) is 0 Å². The normalized spacial score (nSPS) is 10.2. The van der Waals surface area contributed by atoms with Crippen LogP contribution in [0.25, 0.3) is 0 Å². The molecule has 1 N–H and O–H groups in total. The van der Waals surface area contributed by atoms with Crippen molar-refractivity contribution in [1.82, 2.24) is 5.48 Å². The first-order valence-electron chi connectivity index (χ1n) is 3.44. The van der Waals surface area contributed by atoms with Crippen LogP contribution in [0.4, 0.5) is 4.39 Å². The number of hydrogen-bond donors (Lipinski definition) is 1. The van der Waals surface area contributed by atoms with E-state index in [9.17, 15) is 4.39 Å². The summed E-state index contributed by atoms with van der Waals surface area (Å²) in [5.74, 6) is -0.327. The topological polar surface area (TPSA) is 21.3 Å². The molecule has 1 rings (SSSR count). The molecular formula is C8H9ClFNO. The lowest BCUT2D eigenvalue weighted by Gasteiger charge is -2.05.